The standard InChI is InChI=1S/C20H21N3OS2/c1-15-6-8-16(9-7-15)25-14-19(24)22-10-12-23(13-11-22)20-21-17-4-2-3-5-18(17)26-20/h2-9H,10-14H2,1H3. The number of fused-ring (bicyclic) bond motifs is 1. The second-order valence-corrected chi connectivity index (χ2v) is 8.49. The molecule has 0 spiro atoms. The first-order chi connectivity index (χ1) is 12.7. The average molecular weight is 384 g/mol. The molecule has 1 aliphatic rings. The number of aromatic nitrogens is 1. The molecule has 0 unspecified atom stereocenters. The van der Waals surface area contributed by atoms with Gasteiger partial charge in [0.25, 0.3) is 0 Å². The Balaban J connectivity index is 1.31. The van der Waals surface area contributed by atoms with Crippen LogP contribution in [0.15, 0.2) is 53.4 Å². The summed E-state index contributed by atoms with van der Waals surface area (Å²) in [6, 6.07) is 16.6. The van der Waals surface area contributed by atoms with E-state index in [4.69, 9.17) is 4.98 Å². The Morgan fingerprint density at radius 3 is 2.54 bits per heavy atom. The summed E-state index contributed by atoms with van der Waals surface area (Å²) in [5.41, 5.74) is 2.30. The molecule has 134 valence electrons. The number of amides is 1. The molecule has 0 atom stereocenters. The lowest BCUT2D eigenvalue weighted by atomic mass is 10.2. The van der Waals surface area contributed by atoms with Gasteiger partial charge in [-0.25, -0.2) is 4.98 Å². The Hall–Kier alpha value is -2.05. The molecule has 26 heavy (non-hydrogen) atoms. The monoisotopic (exact) mass is 383 g/mol. The van der Waals surface area contributed by atoms with Gasteiger partial charge in [0, 0.05) is 31.1 Å². The Labute approximate surface area is 161 Å². The third kappa shape index (κ3) is 3.86. The number of thioether (sulfide) groups is 1. The maximum atomic E-state index is 12.5. The molecule has 4 rings (SSSR count). The van der Waals surface area contributed by atoms with Crippen molar-refractivity contribution in [3.8, 4) is 0 Å². The molecule has 0 N–H and O–H groups in total. The predicted molar refractivity (Wildman–Crippen MR) is 110 cm³/mol. The van der Waals surface area contributed by atoms with Crippen LogP contribution in [0.5, 0.6) is 0 Å². The molecule has 1 aromatic heterocycles. The number of benzene rings is 2. The molecule has 0 radical (unpaired) electrons. The molecule has 3 aromatic rings. The van der Waals surface area contributed by atoms with E-state index in [0.29, 0.717) is 5.75 Å². The van der Waals surface area contributed by atoms with Gasteiger partial charge in [0.2, 0.25) is 5.91 Å². The Kier molecular flexibility index (Phi) is 5.13. The zero-order valence-electron chi connectivity index (χ0n) is 14.7. The number of aryl methyl sites for hydroxylation is 1. The van der Waals surface area contributed by atoms with E-state index in [1.807, 2.05) is 17.0 Å². The molecule has 6 heteroatoms. The van der Waals surface area contributed by atoms with E-state index in [9.17, 15) is 4.79 Å². The summed E-state index contributed by atoms with van der Waals surface area (Å²) in [5, 5.41) is 1.06. The molecule has 2 aromatic carbocycles. The normalized spacial score (nSPS) is 14.8. The fourth-order valence-electron chi connectivity index (χ4n) is 3.01. The SMILES string of the molecule is Cc1ccc(SCC(=O)N2CCN(c3nc4ccccc4s3)CC2)cc1. The zero-order valence-corrected chi connectivity index (χ0v) is 16.4. The minimum Gasteiger partial charge on any atom is -0.345 e. The predicted octanol–water partition coefficient (Wildman–Crippen LogP) is 4.05. The van der Waals surface area contributed by atoms with Crippen molar-refractivity contribution in [1.29, 1.82) is 0 Å². The van der Waals surface area contributed by atoms with Crippen molar-refractivity contribution >= 4 is 44.4 Å². The van der Waals surface area contributed by atoms with Crippen molar-refractivity contribution in [3.63, 3.8) is 0 Å². The van der Waals surface area contributed by atoms with E-state index in [0.717, 1.165) is 41.7 Å². The number of nitrogens with zero attached hydrogens (tertiary/aromatic N) is 3. The molecule has 1 saturated heterocycles. The van der Waals surface area contributed by atoms with Crippen molar-refractivity contribution < 1.29 is 4.79 Å². The van der Waals surface area contributed by atoms with Crippen LogP contribution in [0.4, 0.5) is 5.13 Å². The van der Waals surface area contributed by atoms with Crippen LogP contribution in [0.3, 0.4) is 0 Å². The summed E-state index contributed by atoms with van der Waals surface area (Å²) in [5.74, 6) is 0.726. The first kappa shape index (κ1) is 17.4. The van der Waals surface area contributed by atoms with Crippen LogP contribution in [0.25, 0.3) is 10.2 Å². The van der Waals surface area contributed by atoms with Crippen molar-refractivity contribution in [1.82, 2.24) is 9.88 Å². The van der Waals surface area contributed by atoms with Gasteiger partial charge in [-0.3, -0.25) is 4.79 Å². The lowest BCUT2D eigenvalue weighted by Gasteiger charge is -2.34. The number of piperazine rings is 1. The highest BCUT2D eigenvalue weighted by atomic mass is 32.2. The van der Waals surface area contributed by atoms with Crippen LogP contribution in [-0.4, -0.2) is 47.7 Å². The van der Waals surface area contributed by atoms with Gasteiger partial charge in [-0.2, -0.15) is 0 Å². The number of thiazole rings is 1. The fourth-order valence-corrected chi connectivity index (χ4v) is 4.83. The van der Waals surface area contributed by atoms with E-state index in [-0.39, 0.29) is 5.91 Å². The van der Waals surface area contributed by atoms with Crippen LogP contribution < -0.4 is 4.90 Å². The van der Waals surface area contributed by atoms with Gasteiger partial charge in [-0.15, -0.1) is 11.8 Å². The summed E-state index contributed by atoms with van der Waals surface area (Å²) in [6.07, 6.45) is 0. The van der Waals surface area contributed by atoms with Gasteiger partial charge in [-0.1, -0.05) is 41.2 Å². The van der Waals surface area contributed by atoms with Gasteiger partial charge >= 0.3 is 0 Å². The van der Waals surface area contributed by atoms with E-state index < -0.39 is 0 Å². The highest BCUT2D eigenvalue weighted by molar-refractivity contribution is 8.00. The van der Waals surface area contributed by atoms with Crippen molar-refractivity contribution in [3.05, 3.63) is 54.1 Å². The van der Waals surface area contributed by atoms with Crippen LogP contribution in [0.1, 0.15) is 5.56 Å². The molecular formula is C20H21N3OS2. The van der Waals surface area contributed by atoms with Gasteiger partial charge in [-0.05, 0) is 31.2 Å². The molecular weight excluding hydrogens is 362 g/mol. The van der Waals surface area contributed by atoms with E-state index in [1.165, 1.54) is 10.3 Å². The quantitative estimate of drug-likeness (QED) is 0.637. The molecule has 1 amide bonds. The maximum absolute atomic E-state index is 12.5. The molecule has 4 nitrogen and oxygen atoms in total. The number of carbonyl (C=O) groups is 1. The highest BCUT2D eigenvalue weighted by Crippen LogP contribution is 2.29. The first-order valence-electron chi connectivity index (χ1n) is 8.77. The number of carbonyl (C=O) groups excluding carboxylic acids is 1. The molecule has 2 heterocycles. The summed E-state index contributed by atoms with van der Waals surface area (Å²) in [4.78, 5) is 22.6. The number of hydrogen-bond donors (Lipinski definition) is 0. The highest BCUT2D eigenvalue weighted by Gasteiger charge is 2.23. The number of para-hydroxylation sites is 1. The summed E-state index contributed by atoms with van der Waals surface area (Å²) >= 11 is 3.35. The lowest BCUT2D eigenvalue weighted by Crippen LogP contribution is -2.49. The van der Waals surface area contributed by atoms with Gasteiger partial charge in [0.1, 0.15) is 0 Å². The number of hydrogen-bond acceptors (Lipinski definition) is 5. The molecule has 1 fully saturated rings. The van der Waals surface area contributed by atoms with Crippen LogP contribution >= 0.6 is 23.1 Å². The van der Waals surface area contributed by atoms with Crippen LogP contribution in [0, 0.1) is 6.92 Å². The fraction of sp³-hybridized carbons (Fsp3) is 0.300. The Morgan fingerprint density at radius 2 is 1.81 bits per heavy atom. The largest absolute Gasteiger partial charge is 0.345 e. The molecule has 0 bridgehead atoms. The Bertz CT molecular complexity index is 866. The number of rotatable bonds is 4. The average Bonchev–Trinajstić information content (AvgIpc) is 3.12. The van der Waals surface area contributed by atoms with Crippen molar-refractivity contribution in [2.24, 2.45) is 0 Å². The first-order valence-corrected chi connectivity index (χ1v) is 10.6. The zero-order chi connectivity index (χ0) is 17.9. The minimum absolute atomic E-state index is 0.222. The molecule has 0 saturated carbocycles. The minimum atomic E-state index is 0.222. The van der Waals surface area contributed by atoms with E-state index in [1.54, 1.807) is 23.1 Å². The van der Waals surface area contributed by atoms with Crippen LogP contribution in [0.2, 0.25) is 0 Å². The van der Waals surface area contributed by atoms with Crippen molar-refractivity contribution in [2.45, 2.75) is 11.8 Å². The van der Waals surface area contributed by atoms with E-state index in [2.05, 4.69) is 48.2 Å². The van der Waals surface area contributed by atoms with E-state index >= 15 is 0 Å². The third-order valence-electron chi connectivity index (χ3n) is 4.57. The molecule has 1 aliphatic heterocycles. The molecule has 0 aliphatic carbocycles. The second kappa shape index (κ2) is 7.68. The van der Waals surface area contributed by atoms with Crippen LogP contribution in [-0.2, 0) is 4.79 Å². The summed E-state index contributed by atoms with van der Waals surface area (Å²) < 4.78 is 1.22. The van der Waals surface area contributed by atoms with Gasteiger partial charge in [0.05, 0.1) is 16.0 Å². The van der Waals surface area contributed by atoms with Crippen molar-refractivity contribution in [2.75, 3.05) is 36.8 Å². The summed E-state index contributed by atoms with van der Waals surface area (Å²) in [6.45, 7) is 5.30. The maximum Gasteiger partial charge on any atom is 0.233 e. The number of anilines is 1. The third-order valence-corrected chi connectivity index (χ3v) is 6.66. The van der Waals surface area contributed by atoms with Gasteiger partial charge in [0.15, 0.2) is 5.13 Å². The second-order valence-electron chi connectivity index (χ2n) is 6.43. The topological polar surface area (TPSA) is 36.4 Å². The smallest absolute Gasteiger partial charge is 0.233 e. The lowest BCUT2D eigenvalue weighted by molar-refractivity contribution is -0.128. The Morgan fingerprint density at radius 1 is 1.08 bits per heavy atom. The van der Waals surface area contributed by atoms with Gasteiger partial charge < -0.3 is 9.80 Å². The summed E-state index contributed by atoms with van der Waals surface area (Å²) in [7, 11) is 0.